The third kappa shape index (κ3) is 5.71. The summed E-state index contributed by atoms with van der Waals surface area (Å²) in [6, 6.07) is 0. The van der Waals surface area contributed by atoms with Crippen LogP contribution in [-0.4, -0.2) is 41.3 Å². The standard InChI is InChI=1S/C14H27NO3S/c1-3-18-13(16)12-4-6-14(17,7-5-12)10-19-9-11(2)8-15/h11-12,17H,3-10,15H2,1-2H3. The number of thioether (sulfide) groups is 1. The highest BCUT2D eigenvalue weighted by Gasteiger charge is 2.36. The molecule has 0 bridgehead atoms. The van der Waals surface area contributed by atoms with Crippen molar-refractivity contribution < 1.29 is 14.6 Å². The van der Waals surface area contributed by atoms with Crippen molar-refractivity contribution in [3.63, 3.8) is 0 Å². The lowest BCUT2D eigenvalue weighted by Gasteiger charge is -2.35. The van der Waals surface area contributed by atoms with Crippen molar-refractivity contribution in [3.8, 4) is 0 Å². The molecule has 0 aromatic heterocycles. The van der Waals surface area contributed by atoms with Crippen LogP contribution < -0.4 is 5.73 Å². The molecule has 0 radical (unpaired) electrons. The smallest absolute Gasteiger partial charge is 0.308 e. The van der Waals surface area contributed by atoms with Gasteiger partial charge in [-0.3, -0.25) is 4.79 Å². The molecule has 0 aromatic carbocycles. The Bertz CT molecular complexity index is 278. The minimum atomic E-state index is -0.609. The zero-order valence-corrected chi connectivity index (χ0v) is 12.9. The predicted molar refractivity (Wildman–Crippen MR) is 79.1 cm³/mol. The summed E-state index contributed by atoms with van der Waals surface area (Å²) in [5, 5.41) is 10.5. The number of hydrogen-bond donors (Lipinski definition) is 2. The maximum Gasteiger partial charge on any atom is 0.308 e. The maximum atomic E-state index is 11.6. The first-order valence-electron chi connectivity index (χ1n) is 7.17. The Morgan fingerprint density at radius 2 is 2.16 bits per heavy atom. The molecular formula is C14H27NO3S. The van der Waals surface area contributed by atoms with Crippen molar-refractivity contribution in [3.05, 3.63) is 0 Å². The molecule has 5 heteroatoms. The Morgan fingerprint density at radius 1 is 1.53 bits per heavy atom. The number of rotatable bonds is 7. The molecule has 112 valence electrons. The van der Waals surface area contributed by atoms with Crippen LogP contribution in [0.4, 0.5) is 0 Å². The van der Waals surface area contributed by atoms with E-state index in [0.717, 1.165) is 24.3 Å². The molecule has 1 rings (SSSR count). The Hall–Kier alpha value is -0.260. The van der Waals surface area contributed by atoms with Gasteiger partial charge in [0.05, 0.1) is 18.1 Å². The van der Waals surface area contributed by atoms with Crippen molar-refractivity contribution in [1.82, 2.24) is 0 Å². The second kappa shape index (κ2) is 8.12. The summed E-state index contributed by atoms with van der Waals surface area (Å²) in [6.45, 7) is 5.07. The van der Waals surface area contributed by atoms with Gasteiger partial charge >= 0.3 is 5.97 Å². The van der Waals surface area contributed by atoms with Crippen molar-refractivity contribution in [1.29, 1.82) is 0 Å². The van der Waals surface area contributed by atoms with Gasteiger partial charge in [0.2, 0.25) is 0 Å². The van der Waals surface area contributed by atoms with Gasteiger partial charge in [-0.25, -0.2) is 0 Å². The molecular weight excluding hydrogens is 262 g/mol. The molecule has 3 N–H and O–H groups in total. The molecule has 19 heavy (non-hydrogen) atoms. The molecule has 0 spiro atoms. The summed E-state index contributed by atoms with van der Waals surface area (Å²) in [5.41, 5.74) is 4.97. The van der Waals surface area contributed by atoms with Crippen LogP contribution in [0.15, 0.2) is 0 Å². The zero-order chi connectivity index (χ0) is 14.3. The fourth-order valence-electron chi connectivity index (χ4n) is 2.31. The molecule has 0 aromatic rings. The molecule has 0 aliphatic heterocycles. The van der Waals surface area contributed by atoms with E-state index in [-0.39, 0.29) is 11.9 Å². The number of hydrogen-bond acceptors (Lipinski definition) is 5. The SMILES string of the molecule is CCOC(=O)C1CCC(O)(CSCC(C)CN)CC1. The van der Waals surface area contributed by atoms with Crippen molar-refractivity contribution in [2.75, 3.05) is 24.7 Å². The van der Waals surface area contributed by atoms with Gasteiger partial charge in [-0.1, -0.05) is 6.92 Å². The van der Waals surface area contributed by atoms with Crippen LogP contribution in [0, 0.1) is 11.8 Å². The van der Waals surface area contributed by atoms with Gasteiger partial charge < -0.3 is 15.6 Å². The molecule has 0 amide bonds. The molecule has 0 heterocycles. The highest BCUT2D eigenvalue weighted by Crippen LogP contribution is 2.35. The first kappa shape index (κ1) is 16.8. The van der Waals surface area contributed by atoms with Crippen molar-refractivity contribution in [2.45, 2.75) is 45.1 Å². The monoisotopic (exact) mass is 289 g/mol. The number of esters is 1. The van der Waals surface area contributed by atoms with Gasteiger partial charge in [-0.05, 0) is 50.8 Å². The molecule has 1 atom stereocenters. The third-order valence-corrected chi connectivity index (χ3v) is 5.26. The summed E-state index contributed by atoms with van der Waals surface area (Å²) in [4.78, 5) is 11.6. The lowest BCUT2D eigenvalue weighted by atomic mass is 9.80. The van der Waals surface area contributed by atoms with Crippen LogP contribution >= 0.6 is 11.8 Å². The highest BCUT2D eigenvalue weighted by atomic mass is 32.2. The van der Waals surface area contributed by atoms with Crippen molar-refractivity contribution in [2.24, 2.45) is 17.6 Å². The predicted octanol–water partition coefficient (Wildman–Crippen LogP) is 1.80. The van der Waals surface area contributed by atoms with E-state index in [9.17, 15) is 9.90 Å². The van der Waals surface area contributed by atoms with Crippen LogP contribution in [-0.2, 0) is 9.53 Å². The number of ether oxygens (including phenoxy) is 1. The van der Waals surface area contributed by atoms with E-state index < -0.39 is 5.60 Å². The van der Waals surface area contributed by atoms with Crippen LogP contribution in [0.2, 0.25) is 0 Å². The van der Waals surface area contributed by atoms with Gasteiger partial charge in [0.25, 0.3) is 0 Å². The zero-order valence-electron chi connectivity index (χ0n) is 12.1. The van der Waals surface area contributed by atoms with Gasteiger partial charge in [0, 0.05) is 5.75 Å². The van der Waals surface area contributed by atoms with Gasteiger partial charge in [-0.15, -0.1) is 0 Å². The van der Waals surface area contributed by atoms with E-state index in [1.54, 1.807) is 11.8 Å². The van der Waals surface area contributed by atoms with E-state index in [0.29, 0.717) is 31.9 Å². The molecule has 4 nitrogen and oxygen atoms in total. The Morgan fingerprint density at radius 3 is 2.68 bits per heavy atom. The molecule has 1 saturated carbocycles. The lowest BCUT2D eigenvalue weighted by Crippen LogP contribution is -2.39. The topological polar surface area (TPSA) is 72.5 Å². The first-order chi connectivity index (χ1) is 9.00. The van der Waals surface area contributed by atoms with E-state index in [4.69, 9.17) is 10.5 Å². The summed E-state index contributed by atoms with van der Waals surface area (Å²) in [6.07, 6.45) is 2.87. The van der Waals surface area contributed by atoms with E-state index in [1.165, 1.54) is 0 Å². The average molecular weight is 289 g/mol. The van der Waals surface area contributed by atoms with E-state index >= 15 is 0 Å². The number of carbonyl (C=O) groups excluding carboxylic acids is 1. The molecule has 1 fully saturated rings. The Balaban J connectivity index is 2.28. The second-order valence-corrected chi connectivity index (χ2v) is 6.64. The number of nitrogens with two attached hydrogens (primary N) is 1. The fourth-order valence-corrected chi connectivity index (χ4v) is 3.64. The van der Waals surface area contributed by atoms with Crippen LogP contribution in [0.3, 0.4) is 0 Å². The van der Waals surface area contributed by atoms with Gasteiger partial charge in [0.1, 0.15) is 0 Å². The van der Waals surface area contributed by atoms with E-state index in [2.05, 4.69) is 6.92 Å². The largest absolute Gasteiger partial charge is 0.466 e. The second-order valence-electron chi connectivity index (χ2n) is 5.61. The Kier molecular flexibility index (Phi) is 7.18. The normalized spacial score (nSPS) is 28.9. The maximum absolute atomic E-state index is 11.6. The first-order valence-corrected chi connectivity index (χ1v) is 8.33. The highest BCUT2D eigenvalue weighted by molar-refractivity contribution is 7.99. The van der Waals surface area contributed by atoms with Crippen LogP contribution in [0.25, 0.3) is 0 Å². The summed E-state index contributed by atoms with van der Waals surface area (Å²) in [5.74, 6) is 2.10. The van der Waals surface area contributed by atoms with Crippen molar-refractivity contribution >= 4 is 17.7 Å². The average Bonchev–Trinajstić information content (AvgIpc) is 2.39. The minimum Gasteiger partial charge on any atom is -0.466 e. The van der Waals surface area contributed by atoms with E-state index in [1.807, 2.05) is 6.92 Å². The van der Waals surface area contributed by atoms with Gasteiger partial charge in [0.15, 0.2) is 0 Å². The third-order valence-electron chi connectivity index (χ3n) is 3.71. The molecule has 1 unspecified atom stereocenters. The fraction of sp³-hybridized carbons (Fsp3) is 0.929. The molecule has 1 aliphatic carbocycles. The van der Waals surface area contributed by atoms with Gasteiger partial charge in [-0.2, -0.15) is 11.8 Å². The van der Waals surface area contributed by atoms with Crippen LogP contribution in [0.1, 0.15) is 39.5 Å². The Labute approximate surface area is 120 Å². The molecule has 0 saturated heterocycles. The summed E-state index contributed by atoms with van der Waals surface area (Å²) >= 11 is 1.77. The quantitative estimate of drug-likeness (QED) is 0.699. The lowest BCUT2D eigenvalue weighted by molar-refractivity contribution is -0.150. The number of carbonyl (C=O) groups is 1. The summed E-state index contributed by atoms with van der Waals surface area (Å²) < 4.78 is 5.04. The van der Waals surface area contributed by atoms with Crippen LogP contribution in [0.5, 0.6) is 0 Å². The summed E-state index contributed by atoms with van der Waals surface area (Å²) in [7, 11) is 0. The number of aliphatic hydroxyl groups is 1. The minimum absolute atomic E-state index is 0.0202. The molecule has 1 aliphatic rings.